The van der Waals surface area contributed by atoms with Gasteiger partial charge in [0.05, 0.1) is 12.9 Å². The summed E-state index contributed by atoms with van der Waals surface area (Å²) in [5.74, 6) is -1.03. The Hall–Kier alpha value is -1.63. The number of carbonyl (C=O) groups excluding carboxylic acids is 1. The van der Waals surface area contributed by atoms with Gasteiger partial charge in [0.15, 0.2) is 0 Å². The van der Waals surface area contributed by atoms with E-state index in [0.29, 0.717) is 26.0 Å². The van der Waals surface area contributed by atoms with E-state index < -0.39 is 5.97 Å². The number of benzene rings is 1. The Morgan fingerprint density at radius 2 is 2.04 bits per heavy atom. The summed E-state index contributed by atoms with van der Waals surface area (Å²) in [7, 11) is 0. The molecule has 116 valence electrons. The largest absolute Gasteiger partial charge is 1.00 e. The molecular weight excluding hydrogens is 305 g/mol. The average Bonchev–Trinajstić information content (AvgIpc) is 3.03. The van der Waals surface area contributed by atoms with Crippen LogP contribution < -0.4 is 34.7 Å². The van der Waals surface area contributed by atoms with Gasteiger partial charge in [-0.05, 0) is 19.3 Å². The Labute approximate surface area is 157 Å². The Morgan fingerprint density at radius 3 is 2.70 bits per heavy atom. The van der Waals surface area contributed by atoms with Gasteiger partial charge in [0.1, 0.15) is 12.3 Å². The molecule has 1 heterocycles. The molecule has 0 N–H and O–H groups in total. The predicted octanol–water partition coefficient (Wildman–Crippen LogP) is -1.77. The molecule has 6 nitrogen and oxygen atoms in total. The van der Waals surface area contributed by atoms with Crippen molar-refractivity contribution in [1.29, 1.82) is 0 Å². The van der Waals surface area contributed by atoms with Crippen molar-refractivity contribution in [3.8, 4) is 0 Å². The van der Waals surface area contributed by atoms with Crippen LogP contribution in [0.2, 0.25) is 0 Å². The van der Waals surface area contributed by atoms with E-state index in [0.717, 1.165) is 11.3 Å². The molecule has 0 atom stereocenters. The first-order valence-electron chi connectivity index (χ1n) is 7.15. The minimum Gasteiger partial charge on any atom is -0.550 e. The van der Waals surface area contributed by atoms with E-state index in [1.54, 1.807) is 12.5 Å². The first kappa shape index (κ1) is 19.4. The van der Waals surface area contributed by atoms with Crippen LogP contribution in [0.25, 0.3) is 0 Å². The summed E-state index contributed by atoms with van der Waals surface area (Å²) in [5.41, 5.74) is 1.77. The number of aromatic nitrogens is 2. The van der Waals surface area contributed by atoms with Gasteiger partial charge in [0.2, 0.25) is 0 Å². The van der Waals surface area contributed by atoms with Crippen molar-refractivity contribution in [3.05, 3.63) is 54.6 Å². The molecule has 0 aliphatic carbocycles. The Kier molecular flexibility index (Phi) is 9.28. The fourth-order valence-corrected chi connectivity index (χ4v) is 1.92. The normalized spacial score (nSPS) is 10.9. The molecule has 0 fully saturated rings. The SMILES string of the molecule is O=C([O-])CCCCO/N=C(\Cn1ccnc1)c1ccccc1.[Na+]. The monoisotopic (exact) mass is 323 g/mol. The quantitative estimate of drug-likeness (QED) is 0.237. The van der Waals surface area contributed by atoms with E-state index in [1.807, 2.05) is 41.1 Å². The van der Waals surface area contributed by atoms with Crippen LogP contribution in [0.5, 0.6) is 0 Å². The predicted molar refractivity (Wildman–Crippen MR) is 80.0 cm³/mol. The Balaban J connectivity index is 0.00000264. The van der Waals surface area contributed by atoms with Gasteiger partial charge in [-0.3, -0.25) is 0 Å². The van der Waals surface area contributed by atoms with Gasteiger partial charge in [0.25, 0.3) is 0 Å². The zero-order valence-corrected chi connectivity index (χ0v) is 15.2. The maximum absolute atomic E-state index is 10.3. The van der Waals surface area contributed by atoms with Crippen molar-refractivity contribution >= 4 is 11.7 Å². The molecule has 0 unspecified atom stereocenters. The van der Waals surface area contributed by atoms with Crippen molar-refractivity contribution in [1.82, 2.24) is 9.55 Å². The summed E-state index contributed by atoms with van der Waals surface area (Å²) in [5, 5.41) is 14.5. The van der Waals surface area contributed by atoms with Crippen molar-refractivity contribution in [3.63, 3.8) is 0 Å². The number of nitrogens with zero attached hydrogens (tertiary/aromatic N) is 3. The van der Waals surface area contributed by atoms with E-state index in [1.165, 1.54) is 0 Å². The van der Waals surface area contributed by atoms with E-state index in [-0.39, 0.29) is 36.0 Å². The van der Waals surface area contributed by atoms with Crippen molar-refractivity contribution < 1.29 is 44.3 Å². The van der Waals surface area contributed by atoms with Crippen LogP contribution in [0.1, 0.15) is 24.8 Å². The number of aliphatic carboxylic acids is 1. The summed E-state index contributed by atoms with van der Waals surface area (Å²) in [6.07, 6.45) is 6.50. The molecule has 2 rings (SSSR count). The maximum atomic E-state index is 10.3. The first-order chi connectivity index (χ1) is 10.8. The summed E-state index contributed by atoms with van der Waals surface area (Å²) in [6.45, 7) is 0.941. The molecule has 1 aromatic heterocycles. The summed E-state index contributed by atoms with van der Waals surface area (Å²) < 4.78 is 1.91. The van der Waals surface area contributed by atoms with Crippen LogP contribution in [0.3, 0.4) is 0 Å². The number of hydrogen-bond donors (Lipinski definition) is 0. The summed E-state index contributed by atoms with van der Waals surface area (Å²) >= 11 is 0. The molecule has 0 amide bonds. The minimum atomic E-state index is -1.03. The second-order valence-electron chi connectivity index (χ2n) is 4.80. The number of oxime groups is 1. The van der Waals surface area contributed by atoms with Crippen molar-refractivity contribution in [2.75, 3.05) is 6.61 Å². The maximum Gasteiger partial charge on any atom is 1.00 e. The molecule has 0 saturated carbocycles. The van der Waals surface area contributed by atoms with E-state index in [2.05, 4.69) is 10.1 Å². The number of carboxylic acids is 1. The van der Waals surface area contributed by atoms with E-state index in [9.17, 15) is 9.90 Å². The second-order valence-corrected chi connectivity index (χ2v) is 4.80. The van der Waals surface area contributed by atoms with Crippen LogP contribution >= 0.6 is 0 Å². The third kappa shape index (κ3) is 7.45. The molecule has 7 heteroatoms. The summed E-state index contributed by atoms with van der Waals surface area (Å²) in [4.78, 5) is 19.6. The number of rotatable bonds is 9. The van der Waals surface area contributed by atoms with Crippen molar-refractivity contribution in [2.45, 2.75) is 25.8 Å². The molecule has 0 saturated heterocycles. The molecule has 0 aliphatic rings. The third-order valence-electron chi connectivity index (χ3n) is 3.04. The van der Waals surface area contributed by atoms with Gasteiger partial charge < -0.3 is 19.3 Å². The Morgan fingerprint density at radius 1 is 1.26 bits per heavy atom. The van der Waals surface area contributed by atoms with Gasteiger partial charge >= 0.3 is 29.6 Å². The molecule has 0 bridgehead atoms. The number of carboxylic acid groups (broad SMARTS) is 1. The van der Waals surface area contributed by atoms with Crippen LogP contribution in [0.15, 0.2) is 54.2 Å². The van der Waals surface area contributed by atoms with Crippen LogP contribution in [0, 0.1) is 0 Å². The zero-order valence-electron chi connectivity index (χ0n) is 13.2. The van der Waals surface area contributed by atoms with E-state index in [4.69, 9.17) is 4.84 Å². The van der Waals surface area contributed by atoms with Gasteiger partial charge in [-0.15, -0.1) is 0 Å². The number of imidazole rings is 1. The van der Waals surface area contributed by atoms with Crippen LogP contribution in [0.4, 0.5) is 0 Å². The first-order valence-corrected chi connectivity index (χ1v) is 7.15. The molecule has 23 heavy (non-hydrogen) atoms. The molecule has 0 aliphatic heterocycles. The van der Waals surface area contributed by atoms with Gasteiger partial charge in [-0.2, -0.15) is 0 Å². The van der Waals surface area contributed by atoms with Gasteiger partial charge in [-0.1, -0.05) is 35.5 Å². The molecule has 0 spiro atoms. The number of hydrogen-bond acceptors (Lipinski definition) is 5. The zero-order chi connectivity index (χ0) is 15.6. The smallest absolute Gasteiger partial charge is 0.550 e. The summed E-state index contributed by atoms with van der Waals surface area (Å²) in [6, 6.07) is 9.76. The number of unbranched alkanes of at least 4 members (excludes halogenated alkanes) is 1. The third-order valence-corrected chi connectivity index (χ3v) is 3.04. The average molecular weight is 323 g/mol. The van der Waals surface area contributed by atoms with Crippen molar-refractivity contribution in [2.24, 2.45) is 5.16 Å². The molecule has 1 aromatic carbocycles. The molecule has 2 aromatic rings. The molecular formula is C16H18N3NaO3. The fourth-order valence-electron chi connectivity index (χ4n) is 1.92. The molecule has 0 radical (unpaired) electrons. The topological polar surface area (TPSA) is 79.5 Å². The van der Waals surface area contributed by atoms with E-state index >= 15 is 0 Å². The minimum absolute atomic E-state index is 0. The fraction of sp³-hybridized carbons (Fsp3) is 0.312. The van der Waals surface area contributed by atoms with Crippen LogP contribution in [-0.4, -0.2) is 27.8 Å². The number of carbonyl (C=O) groups is 1. The van der Waals surface area contributed by atoms with Gasteiger partial charge in [-0.25, -0.2) is 4.98 Å². The second kappa shape index (κ2) is 11.0. The Bertz CT molecular complexity index is 600. The van der Waals surface area contributed by atoms with Crippen LogP contribution in [-0.2, 0) is 16.2 Å². The standard InChI is InChI=1S/C16H19N3O3.Na/c20-16(21)8-4-5-11-22-18-15(12-19-10-9-17-13-19)14-6-2-1-3-7-14;/h1-3,6-7,9-10,13H,4-5,8,11-12H2,(H,20,21);/q;+1/p-1/b18-15+;. The van der Waals surface area contributed by atoms with Gasteiger partial charge in [0, 0.05) is 23.9 Å².